The van der Waals surface area contributed by atoms with Crippen LogP contribution in [0, 0.1) is 0 Å². The van der Waals surface area contributed by atoms with Gasteiger partial charge in [-0.3, -0.25) is 9.63 Å². The zero-order valence-electron chi connectivity index (χ0n) is 8.43. The fourth-order valence-electron chi connectivity index (χ4n) is 1.15. The van der Waals surface area contributed by atoms with Crippen molar-refractivity contribution in [3.8, 4) is 5.75 Å². The Balaban J connectivity index is 2.54. The first-order valence-electron chi connectivity index (χ1n) is 4.50. The second-order valence-electron chi connectivity index (χ2n) is 3.15. The van der Waals surface area contributed by atoms with Crippen molar-refractivity contribution in [2.45, 2.75) is 12.5 Å². The maximum absolute atomic E-state index is 11.2. The first kappa shape index (κ1) is 11.5. The van der Waals surface area contributed by atoms with Crippen molar-refractivity contribution < 1.29 is 14.7 Å². The highest BCUT2D eigenvalue weighted by Crippen LogP contribution is 2.10. The van der Waals surface area contributed by atoms with Crippen molar-refractivity contribution in [2.24, 2.45) is 5.73 Å². The minimum absolute atomic E-state index is 0.189. The van der Waals surface area contributed by atoms with E-state index in [1.54, 1.807) is 24.3 Å². The van der Waals surface area contributed by atoms with Crippen LogP contribution in [-0.2, 0) is 16.1 Å². The Morgan fingerprint density at radius 1 is 1.53 bits per heavy atom. The average Bonchev–Trinajstić information content (AvgIpc) is 2.22. The molecule has 5 nitrogen and oxygen atoms in total. The maximum Gasteiger partial charge on any atom is 0.260 e. The zero-order chi connectivity index (χ0) is 11.3. The summed E-state index contributed by atoms with van der Waals surface area (Å²) in [6.07, 6.45) is 0.398. The third kappa shape index (κ3) is 3.57. The molecule has 4 N–H and O–H groups in total. The van der Waals surface area contributed by atoms with Crippen LogP contribution in [0.3, 0.4) is 0 Å². The molecule has 15 heavy (non-hydrogen) atoms. The molecule has 5 heteroatoms. The van der Waals surface area contributed by atoms with E-state index in [-0.39, 0.29) is 11.7 Å². The normalized spacial score (nSPS) is 12.1. The van der Waals surface area contributed by atoms with Gasteiger partial charge in [0.1, 0.15) is 5.75 Å². The van der Waals surface area contributed by atoms with Crippen LogP contribution in [0.5, 0.6) is 5.75 Å². The van der Waals surface area contributed by atoms with E-state index in [0.29, 0.717) is 6.42 Å². The van der Waals surface area contributed by atoms with E-state index in [4.69, 9.17) is 10.8 Å². The Labute approximate surface area is 87.8 Å². The van der Waals surface area contributed by atoms with Gasteiger partial charge in [0.05, 0.1) is 13.2 Å². The average molecular weight is 210 g/mol. The summed E-state index contributed by atoms with van der Waals surface area (Å²) >= 11 is 0. The van der Waals surface area contributed by atoms with E-state index in [1.807, 2.05) is 0 Å². The number of hydrogen-bond acceptors (Lipinski definition) is 4. The largest absolute Gasteiger partial charge is 0.508 e. The lowest BCUT2D eigenvalue weighted by Gasteiger charge is -2.10. The molecule has 0 aliphatic heterocycles. The first-order valence-corrected chi connectivity index (χ1v) is 4.50. The molecule has 82 valence electrons. The standard InChI is InChI=1S/C10H14N2O3/c1-15-12-10(14)9(11)6-7-2-4-8(13)5-3-7/h2-5,9,13H,6,11H2,1H3,(H,12,14)/t9-/m1/s1. The second-order valence-corrected chi connectivity index (χ2v) is 3.15. The second kappa shape index (κ2) is 5.33. The molecule has 0 bridgehead atoms. The Kier molecular flexibility index (Phi) is 4.08. The van der Waals surface area contributed by atoms with Gasteiger partial charge in [0.15, 0.2) is 0 Å². The fourth-order valence-corrected chi connectivity index (χ4v) is 1.15. The van der Waals surface area contributed by atoms with Crippen LogP contribution in [0.25, 0.3) is 0 Å². The van der Waals surface area contributed by atoms with Crippen molar-refractivity contribution >= 4 is 5.91 Å². The van der Waals surface area contributed by atoms with Gasteiger partial charge >= 0.3 is 0 Å². The molecule has 0 unspecified atom stereocenters. The number of nitrogens with two attached hydrogens (primary N) is 1. The molecule has 0 aromatic heterocycles. The Morgan fingerprint density at radius 2 is 2.13 bits per heavy atom. The summed E-state index contributed by atoms with van der Waals surface area (Å²) in [5.41, 5.74) is 8.66. The highest BCUT2D eigenvalue weighted by molar-refractivity contribution is 5.80. The number of hydrogen-bond donors (Lipinski definition) is 3. The van der Waals surface area contributed by atoms with Gasteiger partial charge in [-0.1, -0.05) is 12.1 Å². The Morgan fingerprint density at radius 3 is 2.67 bits per heavy atom. The summed E-state index contributed by atoms with van der Waals surface area (Å²) in [6, 6.07) is 5.88. The molecule has 0 saturated carbocycles. The number of amides is 1. The van der Waals surface area contributed by atoms with Crippen LogP contribution < -0.4 is 11.2 Å². The van der Waals surface area contributed by atoms with Crippen LogP contribution in [0.2, 0.25) is 0 Å². The van der Waals surface area contributed by atoms with Crippen LogP contribution in [0.15, 0.2) is 24.3 Å². The predicted molar refractivity (Wildman–Crippen MR) is 54.9 cm³/mol. The van der Waals surface area contributed by atoms with Gasteiger partial charge in [-0.15, -0.1) is 0 Å². The van der Waals surface area contributed by atoms with E-state index in [1.165, 1.54) is 7.11 Å². The van der Waals surface area contributed by atoms with Gasteiger partial charge in [0.25, 0.3) is 5.91 Å². The number of phenolic OH excluding ortho intramolecular Hbond substituents is 1. The summed E-state index contributed by atoms with van der Waals surface area (Å²) in [7, 11) is 1.35. The molecule has 0 saturated heterocycles. The highest BCUT2D eigenvalue weighted by atomic mass is 16.6. The molecule has 1 aromatic rings. The lowest BCUT2D eigenvalue weighted by atomic mass is 10.1. The van der Waals surface area contributed by atoms with Crippen LogP contribution in [-0.4, -0.2) is 24.2 Å². The number of nitrogens with one attached hydrogen (secondary N) is 1. The molecule has 0 heterocycles. The van der Waals surface area contributed by atoms with Crippen molar-refractivity contribution in [2.75, 3.05) is 7.11 Å². The first-order chi connectivity index (χ1) is 7.13. The quantitative estimate of drug-likeness (QED) is 0.608. The van der Waals surface area contributed by atoms with E-state index >= 15 is 0 Å². The molecule has 0 spiro atoms. The smallest absolute Gasteiger partial charge is 0.260 e. The summed E-state index contributed by atoms with van der Waals surface area (Å²) in [5.74, 6) is -0.181. The van der Waals surface area contributed by atoms with Crippen molar-refractivity contribution in [3.63, 3.8) is 0 Å². The third-order valence-corrected chi connectivity index (χ3v) is 1.93. The van der Waals surface area contributed by atoms with Gasteiger partial charge in [-0.25, -0.2) is 5.48 Å². The molecule has 0 aliphatic carbocycles. The summed E-state index contributed by atoms with van der Waals surface area (Å²) in [4.78, 5) is 15.7. The van der Waals surface area contributed by atoms with Crippen LogP contribution in [0.1, 0.15) is 5.56 Å². The van der Waals surface area contributed by atoms with Gasteiger partial charge in [-0.2, -0.15) is 0 Å². The van der Waals surface area contributed by atoms with E-state index in [0.717, 1.165) is 5.56 Å². The number of carbonyl (C=O) groups is 1. The monoisotopic (exact) mass is 210 g/mol. The topological polar surface area (TPSA) is 84.6 Å². The Hall–Kier alpha value is -1.59. The zero-order valence-corrected chi connectivity index (χ0v) is 8.43. The number of phenols is 1. The number of rotatable bonds is 4. The van der Waals surface area contributed by atoms with E-state index in [9.17, 15) is 4.79 Å². The molecule has 1 atom stereocenters. The van der Waals surface area contributed by atoms with Crippen LogP contribution >= 0.6 is 0 Å². The van der Waals surface area contributed by atoms with Crippen molar-refractivity contribution in [1.82, 2.24) is 5.48 Å². The molecule has 0 aliphatic rings. The predicted octanol–water partition coefficient (Wildman–Crippen LogP) is -0.0604. The van der Waals surface area contributed by atoms with E-state index < -0.39 is 6.04 Å². The van der Waals surface area contributed by atoms with Gasteiger partial charge < -0.3 is 10.8 Å². The molecular weight excluding hydrogens is 196 g/mol. The maximum atomic E-state index is 11.2. The number of carbonyl (C=O) groups excluding carboxylic acids is 1. The minimum atomic E-state index is -0.658. The van der Waals surface area contributed by atoms with Crippen LogP contribution in [0.4, 0.5) is 0 Å². The SMILES string of the molecule is CONC(=O)[C@H](N)Cc1ccc(O)cc1. The third-order valence-electron chi connectivity index (χ3n) is 1.93. The molecule has 1 rings (SSSR count). The van der Waals surface area contributed by atoms with Gasteiger partial charge in [0, 0.05) is 0 Å². The molecule has 1 amide bonds. The van der Waals surface area contributed by atoms with Gasteiger partial charge in [0.2, 0.25) is 0 Å². The highest BCUT2D eigenvalue weighted by Gasteiger charge is 2.13. The molecule has 0 fully saturated rings. The van der Waals surface area contributed by atoms with E-state index in [2.05, 4.69) is 10.3 Å². The summed E-state index contributed by atoms with van der Waals surface area (Å²) in [5, 5.41) is 9.05. The summed E-state index contributed by atoms with van der Waals surface area (Å²) < 4.78 is 0. The lowest BCUT2D eigenvalue weighted by Crippen LogP contribution is -2.41. The van der Waals surface area contributed by atoms with Crippen molar-refractivity contribution in [1.29, 1.82) is 0 Å². The Bertz CT molecular complexity index is 324. The number of benzene rings is 1. The fraction of sp³-hybridized carbons (Fsp3) is 0.300. The van der Waals surface area contributed by atoms with Crippen molar-refractivity contribution in [3.05, 3.63) is 29.8 Å². The molecular formula is C10H14N2O3. The minimum Gasteiger partial charge on any atom is -0.508 e. The van der Waals surface area contributed by atoms with Gasteiger partial charge in [-0.05, 0) is 24.1 Å². The number of hydroxylamine groups is 1. The number of aromatic hydroxyl groups is 1. The lowest BCUT2D eigenvalue weighted by molar-refractivity contribution is -0.132. The molecule has 1 aromatic carbocycles. The summed E-state index contributed by atoms with van der Waals surface area (Å²) in [6.45, 7) is 0. The molecule has 0 radical (unpaired) electrons.